The lowest BCUT2D eigenvalue weighted by Gasteiger charge is -2.20. The van der Waals surface area contributed by atoms with Gasteiger partial charge in [0.2, 0.25) is 5.60 Å². The topological polar surface area (TPSA) is 74.5 Å². The molecule has 0 unspecified atom stereocenters. The van der Waals surface area contributed by atoms with Gasteiger partial charge in [-0.1, -0.05) is 41.0 Å². The van der Waals surface area contributed by atoms with Crippen LogP contribution in [0.5, 0.6) is 0 Å². The Balaban J connectivity index is 1.75. The van der Waals surface area contributed by atoms with Crippen molar-refractivity contribution >= 4 is 28.9 Å². The van der Waals surface area contributed by atoms with Crippen molar-refractivity contribution in [2.24, 2.45) is 5.16 Å². The highest BCUT2D eigenvalue weighted by Gasteiger charge is 2.42. The number of amides is 1. The highest BCUT2D eigenvalue weighted by Crippen LogP contribution is 2.30. The van der Waals surface area contributed by atoms with Gasteiger partial charge in [0.1, 0.15) is 0 Å². The fourth-order valence-corrected chi connectivity index (χ4v) is 2.68. The first-order valence-corrected chi connectivity index (χ1v) is 7.71. The summed E-state index contributed by atoms with van der Waals surface area (Å²) in [5, 5.41) is 16.3. The Morgan fingerprint density at radius 2 is 2.12 bits per heavy atom. The van der Waals surface area contributed by atoms with E-state index in [2.05, 4.69) is 10.5 Å². The Hall–Kier alpha value is -2.84. The van der Waals surface area contributed by atoms with E-state index < -0.39 is 5.60 Å². The van der Waals surface area contributed by atoms with E-state index in [0.29, 0.717) is 28.4 Å². The Morgan fingerprint density at radius 3 is 2.88 bits per heavy atom. The number of rotatable bonds is 3. The Kier molecular flexibility index (Phi) is 4.24. The second-order valence-corrected chi connectivity index (χ2v) is 6.07. The lowest BCUT2D eigenvalue weighted by molar-refractivity contribution is -0.135. The van der Waals surface area contributed by atoms with Crippen LogP contribution in [0, 0.1) is 11.3 Å². The summed E-state index contributed by atoms with van der Waals surface area (Å²) in [5.74, 6) is -0.330. The second kappa shape index (κ2) is 6.34. The molecule has 1 aliphatic rings. The molecule has 1 heterocycles. The monoisotopic (exact) mass is 339 g/mol. The number of hydrogen-bond donors (Lipinski definition) is 1. The predicted octanol–water partition coefficient (Wildman–Crippen LogP) is 3.73. The second-order valence-electron chi connectivity index (χ2n) is 5.66. The molecule has 1 N–H and O–H groups in total. The van der Waals surface area contributed by atoms with Crippen molar-refractivity contribution < 1.29 is 9.63 Å². The maximum absolute atomic E-state index is 12.6. The Labute approximate surface area is 144 Å². The standard InChI is InChI=1S/C18H14ClN3O2/c1-18(17(23)21-13-6-4-5-12(9-13)11-20)10-16(22-24-18)14-7-2-3-8-15(14)19/h2-9H,10H2,1H3,(H,21,23)/t18-/m1/s1. The summed E-state index contributed by atoms with van der Waals surface area (Å²) in [6.07, 6.45) is 0.306. The van der Waals surface area contributed by atoms with Gasteiger partial charge in [0.05, 0.1) is 17.3 Å². The molecule has 0 spiro atoms. The SMILES string of the molecule is C[C@]1(C(=O)Nc2cccc(C#N)c2)CC(c2ccccc2Cl)=NO1. The van der Waals surface area contributed by atoms with Crippen molar-refractivity contribution in [3.63, 3.8) is 0 Å². The maximum atomic E-state index is 12.6. The molecule has 1 amide bonds. The van der Waals surface area contributed by atoms with E-state index in [-0.39, 0.29) is 5.91 Å². The molecule has 1 atom stereocenters. The minimum Gasteiger partial charge on any atom is -0.379 e. The minimum absolute atomic E-state index is 0.306. The zero-order valence-corrected chi connectivity index (χ0v) is 13.7. The molecule has 24 heavy (non-hydrogen) atoms. The van der Waals surface area contributed by atoms with Gasteiger partial charge in [0.15, 0.2) is 0 Å². The number of oxime groups is 1. The third-order valence-corrected chi connectivity index (χ3v) is 4.11. The van der Waals surface area contributed by atoms with E-state index >= 15 is 0 Å². The van der Waals surface area contributed by atoms with Crippen molar-refractivity contribution in [3.8, 4) is 6.07 Å². The van der Waals surface area contributed by atoms with Gasteiger partial charge in [-0.05, 0) is 31.2 Å². The number of nitrogens with one attached hydrogen (secondary N) is 1. The predicted molar refractivity (Wildman–Crippen MR) is 91.9 cm³/mol. The summed E-state index contributed by atoms with van der Waals surface area (Å²) in [6.45, 7) is 1.67. The Morgan fingerprint density at radius 1 is 1.33 bits per heavy atom. The van der Waals surface area contributed by atoms with Gasteiger partial charge < -0.3 is 10.2 Å². The van der Waals surface area contributed by atoms with E-state index in [1.54, 1.807) is 37.3 Å². The summed E-state index contributed by atoms with van der Waals surface area (Å²) in [5.41, 5.74) is 1.26. The molecule has 0 aromatic heterocycles. The molecule has 0 aliphatic carbocycles. The first kappa shape index (κ1) is 16.0. The minimum atomic E-state index is -1.13. The van der Waals surface area contributed by atoms with Crippen molar-refractivity contribution in [1.29, 1.82) is 5.26 Å². The average molecular weight is 340 g/mol. The van der Waals surface area contributed by atoms with E-state index in [1.165, 1.54) is 0 Å². The zero-order chi connectivity index (χ0) is 17.2. The molecule has 3 rings (SSSR count). The molecule has 0 saturated heterocycles. The van der Waals surface area contributed by atoms with Crippen LogP contribution in [0.4, 0.5) is 5.69 Å². The number of benzene rings is 2. The van der Waals surface area contributed by atoms with E-state index in [4.69, 9.17) is 21.7 Å². The summed E-state index contributed by atoms with van der Waals surface area (Å²) >= 11 is 6.17. The van der Waals surface area contributed by atoms with Gasteiger partial charge >= 0.3 is 0 Å². The van der Waals surface area contributed by atoms with Crippen LogP contribution in [0.25, 0.3) is 0 Å². The third kappa shape index (κ3) is 3.10. The van der Waals surface area contributed by atoms with E-state index in [0.717, 1.165) is 5.56 Å². The normalized spacial score (nSPS) is 19.1. The van der Waals surface area contributed by atoms with Crippen molar-refractivity contribution in [3.05, 3.63) is 64.7 Å². The van der Waals surface area contributed by atoms with E-state index in [9.17, 15) is 4.79 Å². The van der Waals surface area contributed by atoms with Crippen LogP contribution in [0.1, 0.15) is 24.5 Å². The Bertz CT molecular complexity index is 873. The molecule has 0 fully saturated rings. The summed E-state index contributed by atoms with van der Waals surface area (Å²) in [6, 6.07) is 16.0. The number of nitrogens with zero attached hydrogens (tertiary/aromatic N) is 2. The number of hydrogen-bond acceptors (Lipinski definition) is 4. The molecule has 2 aromatic rings. The summed E-state index contributed by atoms with van der Waals surface area (Å²) in [4.78, 5) is 18.0. The first-order valence-electron chi connectivity index (χ1n) is 7.33. The van der Waals surface area contributed by atoms with Gasteiger partial charge in [0, 0.05) is 22.7 Å². The van der Waals surface area contributed by atoms with Gasteiger partial charge in [-0.3, -0.25) is 4.79 Å². The number of halogens is 1. The molecule has 120 valence electrons. The molecule has 0 bridgehead atoms. The highest BCUT2D eigenvalue weighted by molar-refractivity contribution is 6.34. The maximum Gasteiger partial charge on any atom is 0.271 e. The fraction of sp³-hybridized carbons (Fsp3) is 0.167. The van der Waals surface area contributed by atoms with Crippen LogP contribution in [-0.4, -0.2) is 17.2 Å². The lowest BCUT2D eigenvalue weighted by atomic mass is 9.95. The van der Waals surface area contributed by atoms with Crippen LogP contribution in [0.3, 0.4) is 0 Å². The van der Waals surface area contributed by atoms with Crippen molar-refractivity contribution in [1.82, 2.24) is 0 Å². The van der Waals surface area contributed by atoms with Crippen molar-refractivity contribution in [2.45, 2.75) is 18.9 Å². The molecule has 0 radical (unpaired) electrons. The molecule has 0 saturated carbocycles. The number of anilines is 1. The number of nitriles is 1. The molecule has 2 aromatic carbocycles. The highest BCUT2D eigenvalue weighted by atomic mass is 35.5. The van der Waals surface area contributed by atoms with Crippen LogP contribution < -0.4 is 5.32 Å². The van der Waals surface area contributed by atoms with Gasteiger partial charge in [-0.15, -0.1) is 0 Å². The van der Waals surface area contributed by atoms with Crippen LogP contribution in [0.2, 0.25) is 5.02 Å². The molecule has 6 heteroatoms. The van der Waals surface area contributed by atoms with Crippen LogP contribution in [0.15, 0.2) is 53.7 Å². The quantitative estimate of drug-likeness (QED) is 0.925. The van der Waals surface area contributed by atoms with Gasteiger partial charge in [-0.25, -0.2) is 0 Å². The lowest BCUT2D eigenvalue weighted by Crippen LogP contribution is -2.40. The van der Waals surface area contributed by atoms with Crippen LogP contribution >= 0.6 is 11.6 Å². The molecule has 1 aliphatic heterocycles. The summed E-state index contributed by atoms with van der Waals surface area (Å²) in [7, 11) is 0. The average Bonchev–Trinajstić information content (AvgIpc) is 2.99. The molecular formula is C18H14ClN3O2. The van der Waals surface area contributed by atoms with Crippen LogP contribution in [-0.2, 0) is 9.63 Å². The van der Waals surface area contributed by atoms with Gasteiger partial charge in [-0.2, -0.15) is 5.26 Å². The third-order valence-electron chi connectivity index (χ3n) is 3.78. The van der Waals surface area contributed by atoms with Crippen molar-refractivity contribution in [2.75, 3.05) is 5.32 Å². The number of carbonyl (C=O) groups excluding carboxylic acids is 1. The fourth-order valence-electron chi connectivity index (χ4n) is 2.43. The van der Waals surface area contributed by atoms with Gasteiger partial charge in [0.25, 0.3) is 5.91 Å². The number of carbonyl (C=O) groups is 1. The summed E-state index contributed by atoms with van der Waals surface area (Å²) < 4.78 is 0. The van der Waals surface area contributed by atoms with E-state index in [1.807, 2.05) is 24.3 Å². The molecule has 5 nitrogen and oxygen atoms in total. The largest absolute Gasteiger partial charge is 0.379 e. The molecular weight excluding hydrogens is 326 g/mol. The first-order chi connectivity index (χ1) is 11.5. The zero-order valence-electron chi connectivity index (χ0n) is 12.9. The smallest absolute Gasteiger partial charge is 0.271 e.